The number of hydrogen-bond donors (Lipinski definition) is 2. The average molecular weight is 290 g/mol. The Morgan fingerprint density at radius 3 is 2.81 bits per heavy atom. The summed E-state index contributed by atoms with van der Waals surface area (Å²) in [4.78, 5) is 23.7. The molecule has 1 heterocycles. The number of esters is 1. The van der Waals surface area contributed by atoms with Crippen LogP contribution in [0.15, 0.2) is 30.3 Å². The molecule has 1 amide bonds. The molecule has 114 valence electrons. The van der Waals surface area contributed by atoms with E-state index in [9.17, 15) is 9.59 Å². The van der Waals surface area contributed by atoms with Crippen molar-refractivity contribution in [2.24, 2.45) is 5.92 Å². The molecule has 2 rings (SSSR count). The molecule has 2 N–H and O–H groups in total. The van der Waals surface area contributed by atoms with Gasteiger partial charge in [0.05, 0.1) is 12.0 Å². The largest absolute Gasteiger partial charge is 0.461 e. The van der Waals surface area contributed by atoms with Crippen LogP contribution in [0.1, 0.15) is 25.3 Å². The maximum absolute atomic E-state index is 11.9. The number of ether oxygens (including phenoxy) is 1. The van der Waals surface area contributed by atoms with Crippen LogP contribution in [-0.4, -0.2) is 31.0 Å². The van der Waals surface area contributed by atoms with Crippen LogP contribution in [-0.2, 0) is 20.9 Å². The Kier molecular flexibility index (Phi) is 5.75. The van der Waals surface area contributed by atoms with Crippen molar-refractivity contribution in [2.45, 2.75) is 32.4 Å². The van der Waals surface area contributed by atoms with Crippen molar-refractivity contribution in [1.82, 2.24) is 10.6 Å². The first-order chi connectivity index (χ1) is 10.2. The summed E-state index contributed by atoms with van der Waals surface area (Å²) in [5, 5.41) is 5.93. The van der Waals surface area contributed by atoms with Crippen LogP contribution in [0.25, 0.3) is 0 Å². The van der Waals surface area contributed by atoms with E-state index in [4.69, 9.17) is 4.74 Å². The number of carbonyl (C=O) groups excluding carboxylic acids is 2. The van der Waals surface area contributed by atoms with E-state index in [0.29, 0.717) is 6.54 Å². The predicted octanol–water partition coefficient (Wildman–Crippen LogP) is 1.23. The molecule has 5 nitrogen and oxygen atoms in total. The summed E-state index contributed by atoms with van der Waals surface area (Å²) >= 11 is 0. The van der Waals surface area contributed by atoms with Crippen molar-refractivity contribution >= 4 is 11.9 Å². The highest BCUT2D eigenvalue weighted by atomic mass is 16.5. The number of carbonyl (C=O) groups is 2. The second kappa shape index (κ2) is 7.78. The normalized spacial score (nSPS) is 19.0. The van der Waals surface area contributed by atoms with Gasteiger partial charge in [-0.15, -0.1) is 0 Å². The van der Waals surface area contributed by atoms with Crippen molar-refractivity contribution in [3.8, 4) is 0 Å². The fourth-order valence-corrected chi connectivity index (χ4v) is 2.24. The molecule has 0 bridgehead atoms. The second-order valence-corrected chi connectivity index (χ2v) is 5.39. The molecule has 1 aliphatic rings. The highest BCUT2D eigenvalue weighted by Crippen LogP contribution is 2.06. The Balaban J connectivity index is 1.68. The molecular formula is C16H22N2O3. The van der Waals surface area contributed by atoms with Gasteiger partial charge in [0.25, 0.3) is 0 Å². The highest BCUT2D eigenvalue weighted by Gasteiger charge is 2.23. The van der Waals surface area contributed by atoms with Crippen molar-refractivity contribution in [3.63, 3.8) is 0 Å². The van der Waals surface area contributed by atoms with E-state index in [1.807, 2.05) is 30.3 Å². The van der Waals surface area contributed by atoms with E-state index in [1.165, 1.54) is 0 Å². The van der Waals surface area contributed by atoms with Gasteiger partial charge < -0.3 is 15.4 Å². The van der Waals surface area contributed by atoms with Crippen LogP contribution >= 0.6 is 0 Å². The third kappa shape index (κ3) is 4.86. The lowest BCUT2D eigenvalue weighted by Crippen LogP contribution is -2.43. The summed E-state index contributed by atoms with van der Waals surface area (Å²) in [7, 11) is 0. The SMILES string of the molecule is C[C@H](CNC(=O)[C@@H]1CCCN1)C(=O)OCc1ccccc1. The van der Waals surface area contributed by atoms with Gasteiger partial charge in [-0.2, -0.15) is 0 Å². The molecule has 2 atom stereocenters. The summed E-state index contributed by atoms with van der Waals surface area (Å²) in [5.74, 6) is -0.673. The molecule has 1 aromatic rings. The van der Waals surface area contributed by atoms with E-state index < -0.39 is 0 Å². The number of nitrogens with one attached hydrogen (secondary N) is 2. The van der Waals surface area contributed by atoms with E-state index in [-0.39, 0.29) is 30.4 Å². The van der Waals surface area contributed by atoms with Gasteiger partial charge in [0.2, 0.25) is 5.91 Å². The maximum Gasteiger partial charge on any atom is 0.310 e. The van der Waals surface area contributed by atoms with Crippen LogP contribution in [0, 0.1) is 5.92 Å². The van der Waals surface area contributed by atoms with E-state index in [0.717, 1.165) is 24.9 Å². The van der Waals surface area contributed by atoms with Gasteiger partial charge in [-0.1, -0.05) is 37.3 Å². The van der Waals surface area contributed by atoms with Gasteiger partial charge in [-0.3, -0.25) is 9.59 Å². The molecule has 0 saturated carbocycles. The Morgan fingerprint density at radius 2 is 2.14 bits per heavy atom. The molecule has 0 aliphatic carbocycles. The van der Waals surface area contributed by atoms with E-state index >= 15 is 0 Å². The van der Waals surface area contributed by atoms with Crippen LogP contribution in [0.2, 0.25) is 0 Å². The number of benzene rings is 1. The Hall–Kier alpha value is -1.88. The Morgan fingerprint density at radius 1 is 1.38 bits per heavy atom. The number of hydrogen-bond acceptors (Lipinski definition) is 4. The minimum Gasteiger partial charge on any atom is -0.461 e. The standard InChI is InChI=1S/C16H22N2O3/c1-12(10-18-15(19)14-8-5-9-17-14)16(20)21-11-13-6-3-2-4-7-13/h2-4,6-7,12,14,17H,5,8-11H2,1H3,(H,18,19)/t12-,14+/m1/s1. The lowest BCUT2D eigenvalue weighted by atomic mass is 10.1. The van der Waals surface area contributed by atoms with Gasteiger partial charge in [0.15, 0.2) is 0 Å². The van der Waals surface area contributed by atoms with Crippen molar-refractivity contribution in [2.75, 3.05) is 13.1 Å². The summed E-state index contributed by atoms with van der Waals surface area (Å²) in [5.41, 5.74) is 0.956. The molecule has 5 heteroatoms. The third-order valence-electron chi connectivity index (χ3n) is 3.59. The van der Waals surface area contributed by atoms with Crippen LogP contribution in [0.4, 0.5) is 0 Å². The average Bonchev–Trinajstić information content (AvgIpc) is 3.05. The topological polar surface area (TPSA) is 67.4 Å². The third-order valence-corrected chi connectivity index (χ3v) is 3.59. The van der Waals surface area contributed by atoms with E-state index in [2.05, 4.69) is 10.6 Å². The zero-order chi connectivity index (χ0) is 15.1. The van der Waals surface area contributed by atoms with Crippen molar-refractivity contribution in [3.05, 3.63) is 35.9 Å². The first-order valence-electron chi connectivity index (χ1n) is 7.38. The van der Waals surface area contributed by atoms with Crippen LogP contribution < -0.4 is 10.6 Å². The van der Waals surface area contributed by atoms with Gasteiger partial charge in [-0.25, -0.2) is 0 Å². The zero-order valence-electron chi connectivity index (χ0n) is 12.3. The predicted molar refractivity (Wildman–Crippen MR) is 79.4 cm³/mol. The summed E-state index contributed by atoms with van der Waals surface area (Å²) in [6.07, 6.45) is 1.88. The zero-order valence-corrected chi connectivity index (χ0v) is 12.3. The smallest absolute Gasteiger partial charge is 0.310 e. The van der Waals surface area contributed by atoms with Crippen LogP contribution in [0.3, 0.4) is 0 Å². The molecule has 1 fully saturated rings. The number of amides is 1. The molecule has 0 aromatic heterocycles. The summed E-state index contributed by atoms with van der Waals surface area (Å²) in [6.45, 7) is 3.22. The van der Waals surface area contributed by atoms with Crippen molar-refractivity contribution < 1.29 is 14.3 Å². The van der Waals surface area contributed by atoms with Crippen molar-refractivity contribution in [1.29, 1.82) is 0 Å². The molecule has 1 saturated heterocycles. The summed E-state index contributed by atoms with van der Waals surface area (Å²) < 4.78 is 5.24. The minimum atomic E-state index is -0.348. The molecule has 0 radical (unpaired) electrons. The molecule has 1 aromatic carbocycles. The summed E-state index contributed by atoms with van der Waals surface area (Å²) in [6, 6.07) is 9.43. The lowest BCUT2D eigenvalue weighted by Gasteiger charge is -2.15. The Labute approximate surface area is 125 Å². The monoisotopic (exact) mass is 290 g/mol. The molecule has 21 heavy (non-hydrogen) atoms. The molecule has 1 aliphatic heterocycles. The number of rotatable bonds is 6. The fourth-order valence-electron chi connectivity index (χ4n) is 2.24. The molecule has 0 spiro atoms. The quantitative estimate of drug-likeness (QED) is 0.773. The first-order valence-corrected chi connectivity index (χ1v) is 7.38. The van der Waals surface area contributed by atoms with Gasteiger partial charge in [-0.05, 0) is 24.9 Å². The molecule has 0 unspecified atom stereocenters. The fraction of sp³-hybridized carbons (Fsp3) is 0.500. The van der Waals surface area contributed by atoms with Crippen LogP contribution in [0.5, 0.6) is 0 Å². The van der Waals surface area contributed by atoms with E-state index in [1.54, 1.807) is 6.92 Å². The molecular weight excluding hydrogens is 268 g/mol. The van der Waals surface area contributed by atoms with Gasteiger partial charge in [0, 0.05) is 6.54 Å². The van der Waals surface area contributed by atoms with Gasteiger partial charge in [0.1, 0.15) is 6.61 Å². The lowest BCUT2D eigenvalue weighted by molar-refractivity contribution is -0.149. The van der Waals surface area contributed by atoms with Gasteiger partial charge >= 0.3 is 5.97 Å². The first kappa shape index (κ1) is 15.5. The minimum absolute atomic E-state index is 0.0322. The highest BCUT2D eigenvalue weighted by molar-refractivity contribution is 5.82. The Bertz CT molecular complexity index is 470. The second-order valence-electron chi connectivity index (χ2n) is 5.39. The maximum atomic E-state index is 11.9.